The van der Waals surface area contributed by atoms with Gasteiger partial charge in [-0.05, 0) is 67.1 Å². The fourth-order valence-corrected chi connectivity index (χ4v) is 5.32. The summed E-state index contributed by atoms with van der Waals surface area (Å²) in [5.41, 5.74) is 4.94. The molecule has 0 N–H and O–H groups in total. The molecule has 1 saturated carbocycles. The first-order valence-corrected chi connectivity index (χ1v) is 13.5. The van der Waals surface area contributed by atoms with E-state index in [1.165, 1.54) is 87.5 Å². The zero-order valence-electron chi connectivity index (χ0n) is 21.2. The quantitative estimate of drug-likeness (QED) is 0.177. The molecule has 33 heavy (non-hydrogen) atoms. The van der Waals surface area contributed by atoms with E-state index in [1.807, 2.05) is 6.21 Å². The molecule has 1 unspecified atom stereocenters. The first kappa shape index (κ1) is 25.4. The fourth-order valence-electron chi connectivity index (χ4n) is 5.32. The van der Waals surface area contributed by atoms with Crippen molar-refractivity contribution < 1.29 is 0 Å². The van der Waals surface area contributed by atoms with E-state index in [9.17, 15) is 0 Å². The molecule has 178 valence electrons. The zero-order valence-corrected chi connectivity index (χ0v) is 21.2. The van der Waals surface area contributed by atoms with Crippen LogP contribution in [0, 0.1) is 17.8 Å². The Morgan fingerprint density at radius 1 is 0.879 bits per heavy atom. The van der Waals surface area contributed by atoms with E-state index in [0.29, 0.717) is 5.92 Å². The molecule has 0 aliphatic heterocycles. The maximum absolute atomic E-state index is 4.80. The predicted molar refractivity (Wildman–Crippen MR) is 144 cm³/mol. The van der Waals surface area contributed by atoms with Gasteiger partial charge in [-0.15, -0.1) is 0 Å². The third-order valence-corrected chi connectivity index (χ3v) is 7.45. The Hall–Kier alpha value is -2.22. The molecule has 1 fully saturated rings. The van der Waals surface area contributed by atoms with Gasteiger partial charge in [0.05, 0.1) is 11.9 Å². The lowest BCUT2D eigenvalue weighted by molar-refractivity contribution is 0.232. The van der Waals surface area contributed by atoms with E-state index in [1.54, 1.807) is 0 Å². The number of benzene rings is 2. The fraction of sp³-hybridized carbons (Fsp3) is 0.548. The number of nitrogens with zero attached hydrogens (tertiary/aromatic N) is 2. The van der Waals surface area contributed by atoms with Gasteiger partial charge >= 0.3 is 0 Å². The number of rotatable bonds is 12. The molecule has 0 saturated heterocycles. The van der Waals surface area contributed by atoms with E-state index in [4.69, 9.17) is 5.10 Å². The Labute approximate surface area is 202 Å². The van der Waals surface area contributed by atoms with Crippen LogP contribution in [0.1, 0.15) is 102 Å². The van der Waals surface area contributed by atoms with Gasteiger partial charge in [-0.3, -0.25) is 0 Å². The van der Waals surface area contributed by atoms with Gasteiger partial charge in [-0.25, -0.2) is 0 Å². The van der Waals surface area contributed by atoms with Crippen molar-refractivity contribution in [3.8, 4) is 0 Å². The van der Waals surface area contributed by atoms with Gasteiger partial charge in [0, 0.05) is 5.92 Å². The molecule has 2 aromatic carbocycles. The molecule has 3 rings (SSSR count). The van der Waals surface area contributed by atoms with Crippen molar-refractivity contribution in [2.24, 2.45) is 28.0 Å². The van der Waals surface area contributed by atoms with Crippen LogP contribution in [0.2, 0.25) is 0 Å². The lowest BCUT2D eigenvalue weighted by Gasteiger charge is -2.32. The maximum Gasteiger partial charge on any atom is 0.0733 e. The summed E-state index contributed by atoms with van der Waals surface area (Å²) < 4.78 is 0. The summed E-state index contributed by atoms with van der Waals surface area (Å²) in [7, 11) is 0. The van der Waals surface area contributed by atoms with Gasteiger partial charge in [-0.2, -0.15) is 10.2 Å². The lowest BCUT2D eigenvalue weighted by atomic mass is 9.73. The molecular formula is C31H44N2. The van der Waals surface area contributed by atoms with Gasteiger partial charge in [0.2, 0.25) is 0 Å². The second-order valence-corrected chi connectivity index (χ2v) is 10.0. The topological polar surface area (TPSA) is 24.7 Å². The summed E-state index contributed by atoms with van der Waals surface area (Å²) in [5, 5.41) is 9.35. The van der Waals surface area contributed by atoms with Crippen molar-refractivity contribution in [3.05, 3.63) is 71.3 Å². The van der Waals surface area contributed by atoms with E-state index >= 15 is 0 Å². The largest absolute Gasteiger partial charge is 0.158 e. The third kappa shape index (κ3) is 8.25. The average molecular weight is 445 g/mol. The first-order valence-electron chi connectivity index (χ1n) is 13.5. The van der Waals surface area contributed by atoms with Gasteiger partial charge in [0.1, 0.15) is 0 Å². The monoisotopic (exact) mass is 444 g/mol. The summed E-state index contributed by atoms with van der Waals surface area (Å²) >= 11 is 0. The summed E-state index contributed by atoms with van der Waals surface area (Å²) in [6, 6.07) is 19.5. The molecule has 1 atom stereocenters. The minimum absolute atomic E-state index is 0.514. The van der Waals surface area contributed by atoms with Crippen LogP contribution in [0.5, 0.6) is 0 Å². The molecule has 0 heterocycles. The smallest absolute Gasteiger partial charge is 0.0733 e. The van der Waals surface area contributed by atoms with Crippen molar-refractivity contribution in [2.45, 2.75) is 91.4 Å². The van der Waals surface area contributed by atoms with Gasteiger partial charge < -0.3 is 0 Å². The number of unbranched alkanes of at least 4 members (excludes halogenated alkanes) is 3. The molecular weight excluding hydrogens is 400 g/mol. The molecule has 0 spiro atoms. The summed E-state index contributed by atoms with van der Waals surface area (Å²) in [6.07, 6.45) is 16.1. The molecule has 2 nitrogen and oxygen atoms in total. The molecule has 0 amide bonds. The Bertz CT molecular complexity index is 842. The van der Waals surface area contributed by atoms with Gasteiger partial charge in [0.25, 0.3) is 0 Å². The van der Waals surface area contributed by atoms with Crippen molar-refractivity contribution in [2.75, 3.05) is 0 Å². The highest BCUT2D eigenvalue weighted by molar-refractivity contribution is 6.02. The Balaban J connectivity index is 1.64. The van der Waals surface area contributed by atoms with E-state index in [0.717, 1.165) is 17.4 Å². The Morgan fingerprint density at radius 3 is 2.27 bits per heavy atom. The molecule has 1 aliphatic carbocycles. The standard InChI is InChI=1S/C31H44N2/c1-4-6-7-9-13-26-16-18-27(19-17-26)24-32-33-31(29-14-10-8-11-15-29)30-22-20-28(21-23-30)25(3)12-5-2/h8,10-11,14-19,24-25,28,30H,4-7,9,12-13,20-23H2,1-3H3/t25?,28-,30-. The Morgan fingerprint density at radius 2 is 1.61 bits per heavy atom. The molecule has 0 aromatic heterocycles. The highest BCUT2D eigenvalue weighted by Gasteiger charge is 2.28. The molecule has 1 aliphatic rings. The number of hydrogen-bond acceptors (Lipinski definition) is 2. The zero-order chi connectivity index (χ0) is 23.3. The lowest BCUT2D eigenvalue weighted by Crippen LogP contribution is -2.25. The van der Waals surface area contributed by atoms with Crippen LogP contribution >= 0.6 is 0 Å². The van der Waals surface area contributed by atoms with Crippen LogP contribution in [-0.4, -0.2) is 11.9 Å². The first-order chi connectivity index (χ1) is 16.2. The van der Waals surface area contributed by atoms with Crippen molar-refractivity contribution in [1.29, 1.82) is 0 Å². The average Bonchev–Trinajstić information content (AvgIpc) is 2.86. The SMILES string of the molecule is CCCCCCc1ccc(C=NN=C(c2ccccc2)[C@H]2CC[C@H](C(C)CCC)CC2)cc1. The third-order valence-electron chi connectivity index (χ3n) is 7.45. The second-order valence-electron chi connectivity index (χ2n) is 10.0. The molecule has 2 aromatic rings. The highest BCUT2D eigenvalue weighted by Crippen LogP contribution is 2.36. The minimum Gasteiger partial charge on any atom is -0.158 e. The Kier molecular flexibility index (Phi) is 10.9. The molecule has 0 radical (unpaired) electrons. The highest BCUT2D eigenvalue weighted by atomic mass is 15.2. The summed E-state index contributed by atoms with van der Waals surface area (Å²) in [6.45, 7) is 7.02. The number of hydrogen-bond donors (Lipinski definition) is 0. The number of aryl methyl sites for hydroxylation is 1. The molecule has 0 bridgehead atoms. The van der Waals surface area contributed by atoms with Crippen molar-refractivity contribution in [1.82, 2.24) is 0 Å². The molecule has 2 heteroatoms. The normalized spacial score (nSPS) is 20.3. The van der Waals surface area contributed by atoms with Crippen LogP contribution in [0.25, 0.3) is 0 Å². The van der Waals surface area contributed by atoms with E-state index in [-0.39, 0.29) is 0 Å². The van der Waals surface area contributed by atoms with Crippen molar-refractivity contribution >= 4 is 11.9 Å². The predicted octanol–water partition coefficient (Wildman–Crippen LogP) is 8.88. The summed E-state index contributed by atoms with van der Waals surface area (Å²) in [4.78, 5) is 0. The summed E-state index contributed by atoms with van der Waals surface area (Å²) in [5.74, 6) is 2.24. The second kappa shape index (κ2) is 14.1. The van der Waals surface area contributed by atoms with Crippen LogP contribution < -0.4 is 0 Å². The van der Waals surface area contributed by atoms with Crippen LogP contribution in [-0.2, 0) is 6.42 Å². The van der Waals surface area contributed by atoms with Crippen LogP contribution in [0.15, 0.2) is 64.8 Å². The van der Waals surface area contributed by atoms with E-state index < -0.39 is 0 Å². The van der Waals surface area contributed by atoms with Gasteiger partial charge in [-0.1, -0.05) is 107 Å². The minimum atomic E-state index is 0.514. The van der Waals surface area contributed by atoms with Crippen molar-refractivity contribution in [3.63, 3.8) is 0 Å². The maximum atomic E-state index is 4.80. The van der Waals surface area contributed by atoms with Gasteiger partial charge in [0.15, 0.2) is 0 Å². The van der Waals surface area contributed by atoms with E-state index in [2.05, 4.69) is 80.5 Å². The van der Waals surface area contributed by atoms with Crippen LogP contribution in [0.4, 0.5) is 0 Å². The van der Waals surface area contributed by atoms with Crippen LogP contribution in [0.3, 0.4) is 0 Å².